The third-order valence-electron chi connectivity index (χ3n) is 3.30. The average molecular weight is 369 g/mol. The molecule has 0 bridgehead atoms. The molecule has 2 aromatic carbocycles. The van der Waals surface area contributed by atoms with Gasteiger partial charge in [-0.25, -0.2) is 8.42 Å². The van der Waals surface area contributed by atoms with Gasteiger partial charge in [0.25, 0.3) is 10.0 Å². The molecule has 0 fully saturated rings. The molecule has 0 heterocycles. The molecule has 2 rings (SSSR count). The van der Waals surface area contributed by atoms with E-state index in [1.807, 2.05) is 13.8 Å². The molecule has 0 amide bonds. The molecule has 0 radical (unpaired) electrons. The van der Waals surface area contributed by atoms with Crippen molar-refractivity contribution in [1.82, 2.24) is 0 Å². The van der Waals surface area contributed by atoms with Crippen LogP contribution in [0.5, 0.6) is 0 Å². The Balaban J connectivity index is 2.45. The summed E-state index contributed by atoms with van der Waals surface area (Å²) >= 11 is 3.47. The van der Waals surface area contributed by atoms with E-state index < -0.39 is 10.0 Å². The summed E-state index contributed by atoms with van der Waals surface area (Å²) in [5.74, 6) is 0. The summed E-state index contributed by atoms with van der Waals surface area (Å²) in [7, 11) is -3.66. The lowest BCUT2D eigenvalue weighted by Gasteiger charge is -2.13. The van der Waals surface area contributed by atoms with Crippen molar-refractivity contribution < 1.29 is 8.42 Å². The van der Waals surface area contributed by atoms with E-state index >= 15 is 0 Å². The van der Waals surface area contributed by atoms with Gasteiger partial charge in [-0.05, 0) is 61.7 Å². The Hall–Kier alpha value is -1.53. The first kappa shape index (κ1) is 15.9. The van der Waals surface area contributed by atoms with Crippen LogP contribution in [0.3, 0.4) is 0 Å². The maximum Gasteiger partial charge on any atom is 0.262 e. The van der Waals surface area contributed by atoms with Gasteiger partial charge in [-0.15, -0.1) is 0 Å². The van der Waals surface area contributed by atoms with Crippen LogP contribution in [0.25, 0.3) is 0 Å². The van der Waals surface area contributed by atoms with Gasteiger partial charge in [0.15, 0.2) is 0 Å². The Kier molecular flexibility index (Phi) is 4.30. The number of hydrogen-bond acceptors (Lipinski definition) is 3. The summed E-state index contributed by atoms with van der Waals surface area (Å²) in [6.07, 6.45) is 0. The quantitative estimate of drug-likeness (QED) is 0.810. The van der Waals surface area contributed by atoms with Gasteiger partial charge in [-0.3, -0.25) is 4.72 Å². The molecular weight excluding hydrogens is 352 g/mol. The van der Waals surface area contributed by atoms with Crippen molar-refractivity contribution in [1.29, 1.82) is 0 Å². The van der Waals surface area contributed by atoms with Crippen LogP contribution in [0.1, 0.15) is 16.7 Å². The average Bonchev–Trinajstić information content (AvgIpc) is 2.38. The molecule has 0 aliphatic rings. The first-order chi connectivity index (χ1) is 9.72. The fraction of sp³-hybridized carbons (Fsp3) is 0.200. The molecule has 0 saturated carbocycles. The number of aryl methyl sites for hydroxylation is 2. The first-order valence-electron chi connectivity index (χ1n) is 6.37. The number of nitrogens with two attached hydrogens (primary N) is 1. The van der Waals surface area contributed by atoms with Crippen molar-refractivity contribution in [2.24, 2.45) is 0 Å². The number of benzene rings is 2. The van der Waals surface area contributed by atoms with Gasteiger partial charge in [0.05, 0.1) is 4.90 Å². The number of halogens is 1. The second-order valence-electron chi connectivity index (χ2n) is 5.00. The van der Waals surface area contributed by atoms with Crippen LogP contribution in [-0.2, 0) is 10.0 Å². The van der Waals surface area contributed by atoms with E-state index in [4.69, 9.17) is 5.73 Å². The van der Waals surface area contributed by atoms with Crippen LogP contribution in [-0.4, -0.2) is 8.42 Å². The van der Waals surface area contributed by atoms with Crippen molar-refractivity contribution in [2.75, 3.05) is 10.5 Å². The molecule has 3 N–H and O–H groups in total. The number of hydrogen-bond donors (Lipinski definition) is 2. The highest BCUT2D eigenvalue weighted by molar-refractivity contribution is 9.10. The second kappa shape index (κ2) is 5.69. The number of anilines is 2. The summed E-state index contributed by atoms with van der Waals surface area (Å²) in [5, 5.41) is 0. The summed E-state index contributed by atoms with van der Waals surface area (Å²) in [4.78, 5) is 0.195. The number of nitrogen functional groups attached to an aromatic ring is 1. The van der Waals surface area contributed by atoms with E-state index in [0.717, 1.165) is 15.6 Å². The van der Waals surface area contributed by atoms with Gasteiger partial charge in [0, 0.05) is 15.8 Å². The lowest BCUT2D eigenvalue weighted by molar-refractivity contribution is 0.600. The summed E-state index contributed by atoms with van der Waals surface area (Å²) < 4.78 is 28.6. The maximum atomic E-state index is 12.5. The van der Waals surface area contributed by atoms with E-state index in [0.29, 0.717) is 16.9 Å². The van der Waals surface area contributed by atoms with Crippen LogP contribution in [0.2, 0.25) is 0 Å². The molecule has 0 aromatic heterocycles. The molecule has 112 valence electrons. The first-order valence-corrected chi connectivity index (χ1v) is 8.64. The molecule has 0 aliphatic heterocycles. The van der Waals surface area contributed by atoms with E-state index in [9.17, 15) is 8.42 Å². The van der Waals surface area contributed by atoms with E-state index in [1.165, 1.54) is 0 Å². The second-order valence-corrected chi connectivity index (χ2v) is 7.44. The van der Waals surface area contributed by atoms with Gasteiger partial charge in [0.1, 0.15) is 0 Å². The molecule has 0 spiro atoms. The van der Waals surface area contributed by atoms with Crippen molar-refractivity contribution in [2.45, 2.75) is 25.7 Å². The van der Waals surface area contributed by atoms with E-state index in [-0.39, 0.29) is 4.90 Å². The van der Waals surface area contributed by atoms with E-state index in [1.54, 1.807) is 37.3 Å². The minimum absolute atomic E-state index is 0.195. The van der Waals surface area contributed by atoms with Gasteiger partial charge in [0.2, 0.25) is 0 Å². The number of nitrogens with one attached hydrogen (secondary N) is 1. The van der Waals surface area contributed by atoms with Crippen molar-refractivity contribution in [3.63, 3.8) is 0 Å². The minimum atomic E-state index is -3.66. The van der Waals surface area contributed by atoms with Crippen LogP contribution >= 0.6 is 15.9 Å². The largest absolute Gasteiger partial charge is 0.398 e. The van der Waals surface area contributed by atoms with Crippen LogP contribution in [0.15, 0.2) is 39.7 Å². The number of rotatable bonds is 3. The normalized spacial score (nSPS) is 11.4. The predicted octanol–water partition coefficient (Wildman–Crippen LogP) is 3.76. The fourth-order valence-electron chi connectivity index (χ4n) is 2.14. The highest BCUT2D eigenvalue weighted by atomic mass is 79.9. The number of sulfonamides is 1. The molecule has 6 heteroatoms. The van der Waals surface area contributed by atoms with Gasteiger partial charge < -0.3 is 5.73 Å². The Morgan fingerprint density at radius 3 is 2.24 bits per heavy atom. The zero-order valence-electron chi connectivity index (χ0n) is 12.1. The summed E-state index contributed by atoms with van der Waals surface area (Å²) in [6, 6.07) is 8.44. The summed E-state index contributed by atoms with van der Waals surface area (Å²) in [6.45, 7) is 5.53. The lowest BCUT2D eigenvalue weighted by atomic mass is 10.1. The molecule has 0 atom stereocenters. The van der Waals surface area contributed by atoms with Crippen molar-refractivity contribution >= 4 is 37.3 Å². The zero-order valence-corrected chi connectivity index (χ0v) is 14.5. The van der Waals surface area contributed by atoms with Crippen LogP contribution in [0, 0.1) is 20.8 Å². The van der Waals surface area contributed by atoms with Crippen LogP contribution < -0.4 is 10.5 Å². The van der Waals surface area contributed by atoms with E-state index in [2.05, 4.69) is 20.7 Å². The molecule has 0 aliphatic carbocycles. The lowest BCUT2D eigenvalue weighted by Crippen LogP contribution is -2.15. The summed E-state index contributed by atoms with van der Waals surface area (Å²) in [5.41, 5.74) is 9.27. The van der Waals surface area contributed by atoms with Gasteiger partial charge in [-0.2, -0.15) is 0 Å². The predicted molar refractivity (Wildman–Crippen MR) is 90.0 cm³/mol. The monoisotopic (exact) mass is 368 g/mol. The van der Waals surface area contributed by atoms with Crippen molar-refractivity contribution in [3.05, 3.63) is 51.5 Å². The minimum Gasteiger partial charge on any atom is -0.398 e. The molecule has 2 aromatic rings. The highest BCUT2D eigenvalue weighted by Crippen LogP contribution is 2.28. The third kappa shape index (κ3) is 3.22. The van der Waals surface area contributed by atoms with Crippen molar-refractivity contribution in [3.8, 4) is 0 Å². The Bertz CT molecular complexity index is 778. The molecule has 0 unspecified atom stereocenters. The van der Waals surface area contributed by atoms with Gasteiger partial charge in [-0.1, -0.05) is 22.0 Å². The SMILES string of the molecule is Cc1cc(NS(=O)(=O)c2cccc(N)c2C)cc(C)c1Br. The van der Waals surface area contributed by atoms with Crippen LogP contribution in [0.4, 0.5) is 11.4 Å². The highest BCUT2D eigenvalue weighted by Gasteiger charge is 2.18. The van der Waals surface area contributed by atoms with Gasteiger partial charge >= 0.3 is 0 Å². The topological polar surface area (TPSA) is 72.2 Å². The molecular formula is C15H17BrN2O2S. The zero-order chi connectivity index (χ0) is 15.8. The fourth-order valence-corrected chi connectivity index (χ4v) is 3.68. The standard InChI is InChI=1S/C15H17BrN2O2S/c1-9-7-12(8-10(2)15(9)16)18-21(19,20)14-6-4-5-13(17)11(14)3/h4-8,18H,17H2,1-3H3. The Morgan fingerprint density at radius 1 is 1.10 bits per heavy atom. The third-order valence-corrected chi connectivity index (χ3v) is 6.08. The Labute approximate surface area is 133 Å². The Morgan fingerprint density at radius 2 is 1.67 bits per heavy atom. The molecule has 4 nitrogen and oxygen atoms in total. The molecule has 21 heavy (non-hydrogen) atoms. The molecule has 0 saturated heterocycles. The smallest absolute Gasteiger partial charge is 0.262 e. The maximum absolute atomic E-state index is 12.5.